The fourth-order valence-corrected chi connectivity index (χ4v) is 5.23. The van der Waals surface area contributed by atoms with Crippen LogP contribution in [0.1, 0.15) is 102 Å². The molecule has 0 radical (unpaired) electrons. The standard InChI is InChI=1S/C32H41ClN2O3/c1-21(18-32(6,7)29-17-25(33)12-14-28(29)22(2)36)24-16-27(20-34-19-24)35-26-10-8-9-23(11-13-26)15-30(37)38-31(3,4)5/h12,14-17,19-20,26,35H,1,8-11,13,18H2,2-7H3. The van der Waals surface area contributed by atoms with E-state index >= 15 is 0 Å². The minimum Gasteiger partial charge on any atom is -0.457 e. The summed E-state index contributed by atoms with van der Waals surface area (Å²) < 4.78 is 5.46. The lowest BCUT2D eigenvalue weighted by molar-refractivity contribution is -0.148. The van der Waals surface area contributed by atoms with E-state index in [9.17, 15) is 9.59 Å². The molecule has 5 nitrogen and oxygen atoms in total. The number of hydrogen-bond donors (Lipinski definition) is 1. The van der Waals surface area contributed by atoms with E-state index in [0.29, 0.717) is 23.0 Å². The number of nitrogens with one attached hydrogen (secondary N) is 1. The van der Waals surface area contributed by atoms with Crippen LogP contribution in [0.5, 0.6) is 0 Å². The molecule has 1 aliphatic carbocycles. The third kappa shape index (κ3) is 8.56. The zero-order valence-corrected chi connectivity index (χ0v) is 24.4. The molecule has 38 heavy (non-hydrogen) atoms. The molecule has 2 aromatic rings. The van der Waals surface area contributed by atoms with Gasteiger partial charge in [-0.15, -0.1) is 0 Å². The number of allylic oxidation sites excluding steroid dienone is 2. The van der Waals surface area contributed by atoms with E-state index < -0.39 is 5.60 Å². The van der Waals surface area contributed by atoms with Gasteiger partial charge in [0.2, 0.25) is 0 Å². The fourth-order valence-electron chi connectivity index (χ4n) is 5.05. The number of ether oxygens (including phenoxy) is 1. The van der Waals surface area contributed by atoms with Crippen LogP contribution in [0.2, 0.25) is 5.02 Å². The van der Waals surface area contributed by atoms with Crippen molar-refractivity contribution in [2.75, 3.05) is 5.32 Å². The molecular weight excluding hydrogens is 496 g/mol. The Balaban J connectivity index is 1.67. The van der Waals surface area contributed by atoms with E-state index in [1.165, 1.54) is 0 Å². The predicted octanol–water partition coefficient (Wildman–Crippen LogP) is 8.33. The smallest absolute Gasteiger partial charge is 0.331 e. The van der Waals surface area contributed by atoms with Crippen molar-refractivity contribution in [1.82, 2.24) is 4.98 Å². The number of benzene rings is 1. The van der Waals surface area contributed by atoms with Gasteiger partial charge in [0.05, 0.1) is 5.69 Å². The van der Waals surface area contributed by atoms with E-state index in [-0.39, 0.29) is 17.2 Å². The molecule has 0 amide bonds. The molecule has 6 heteroatoms. The van der Waals surface area contributed by atoms with Crippen molar-refractivity contribution in [1.29, 1.82) is 0 Å². The molecular formula is C32H41ClN2O3. The number of carbonyl (C=O) groups excluding carboxylic acids is 2. The first-order valence-corrected chi connectivity index (χ1v) is 13.7. The molecule has 0 aliphatic heterocycles. The fraction of sp³-hybridized carbons (Fsp3) is 0.469. The first-order valence-electron chi connectivity index (χ1n) is 13.4. The number of ketones is 1. The van der Waals surface area contributed by atoms with Crippen molar-refractivity contribution in [3.63, 3.8) is 0 Å². The number of aromatic nitrogens is 1. The molecule has 1 aliphatic rings. The quantitative estimate of drug-likeness (QED) is 0.159. The predicted molar refractivity (Wildman–Crippen MR) is 157 cm³/mol. The summed E-state index contributed by atoms with van der Waals surface area (Å²) >= 11 is 6.29. The number of carbonyl (C=O) groups is 2. The molecule has 1 unspecified atom stereocenters. The lowest BCUT2D eigenvalue weighted by Crippen LogP contribution is -2.22. The second-order valence-electron chi connectivity index (χ2n) is 12.0. The van der Waals surface area contributed by atoms with Gasteiger partial charge in [0.1, 0.15) is 5.60 Å². The molecule has 1 N–H and O–H groups in total. The van der Waals surface area contributed by atoms with Gasteiger partial charge in [0.15, 0.2) is 5.78 Å². The van der Waals surface area contributed by atoms with Crippen LogP contribution < -0.4 is 5.32 Å². The molecule has 204 valence electrons. The maximum atomic E-state index is 12.3. The van der Waals surface area contributed by atoms with Gasteiger partial charge in [-0.05, 0) is 113 Å². The molecule has 0 saturated heterocycles. The van der Waals surface area contributed by atoms with Crippen molar-refractivity contribution in [2.24, 2.45) is 0 Å². The zero-order chi connectivity index (χ0) is 28.1. The number of rotatable bonds is 8. The summed E-state index contributed by atoms with van der Waals surface area (Å²) in [6.07, 6.45) is 10.8. The topological polar surface area (TPSA) is 68.3 Å². The van der Waals surface area contributed by atoms with Crippen molar-refractivity contribution < 1.29 is 14.3 Å². The van der Waals surface area contributed by atoms with E-state index in [1.54, 1.807) is 25.1 Å². The molecule has 0 bridgehead atoms. The summed E-state index contributed by atoms with van der Waals surface area (Å²) in [6.45, 7) is 15.8. The summed E-state index contributed by atoms with van der Waals surface area (Å²) in [7, 11) is 0. The molecule has 1 saturated carbocycles. The lowest BCUT2D eigenvalue weighted by atomic mass is 9.75. The van der Waals surface area contributed by atoms with Crippen molar-refractivity contribution >= 4 is 34.6 Å². The Morgan fingerprint density at radius 2 is 1.87 bits per heavy atom. The highest BCUT2D eigenvalue weighted by Crippen LogP contribution is 2.37. The number of Topliss-reactive ketones (excluding diaryl/α,β-unsaturated/α-hetero) is 1. The normalized spacial score (nSPS) is 17.6. The van der Waals surface area contributed by atoms with Gasteiger partial charge >= 0.3 is 5.97 Å². The Hall–Kier alpha value is -2.92. The van der Waals surface area contributed by atoms with Crippen molar-refractivity contribution in [2.45, 2.75) is 97.1 Å². The minimum absolute atomic E-state index is 0.0238. The van der Waals surface area contributed by atoms with Gasteiger partial charge in [-0.2, -0.15) is 0 Å². The van der Waals surface area contributed by atoms with E-state index in [1.807, 2.05) is 39.2 Å². The Morgan fingerprint density at radius 3 is 2.55 bits per heavy atom. The molecule has 1 heterocycles. The summed E-state index contributed by atoms with van der Waals surface area (Å²) in [5.41, 5.74) is 4.81. The van der Waals surface area contributed by atoms with Crippen LogP contribution in [0.25, 0.3) is 5.57 Å². The third-order valence-electron chi connectivity index (χ3n) is 6.86. The maximum absolute atomic E-state index is 12.3. The van der Waals surface area contributed by atoms with E-state index in [0.717, 1.165) is 60.1 Å². The molecule has 0 spiro atoms. The second kappa shape index (κ2) is 12.3. The average molecular weight is 537 g/mol. The number of nitrogens with zero attached hydrogens (tertiary/aromatic N) is 1. The molecule has 1 aromatic carbocycles. The van der Waals surface area contributed by atoms with Crippen LogP contribution in [0.3, 0.4) is 0 Å². The minimum atomic E-state index is -0.482. The summed E-state index contributed by atoms with van der Waals surface area (Å²) in [6, 6.07) is 7.84. The Labute approximate surface area is 232 Å². The molecule has 1 atom stereocenters. The molecule has 1 fully saturated rings. The van der Waals surface area contributed by atoms with Crippen LogP contribution in [-0.4, -0.2) is 28.4 Å². The highest BCUT2D eigenvalue weighted by atomic mass is 35.5. The average Bonchev–Trinajstić information content (AvgIpc) is 3.02. The van der Waals surface area contributed by atoms with Gasteiger partial charge in [-0.1, -0.05) is 37.6 Å². The van der Waals surface area contributed by atoms with Gasteiger partial charge in [-0.3, -0.25) is 9.78 Å². The van der Waals surface area contributed by atoms with Gasteiger partial charge in [-0.25, -0.2) is 4.79 Å². The second-order valence-corrected chi connectivity index (χ2v) is 12.4. The van der Waals surface area contributed by atoms with Crippen molar-refractivity contribution in [3.05, 3.63) is 76.6 Å². The first-order chi connectivity index (χ1) is 17.7. The maximum Gasteiger partial charge on any atom is 0.331 e. The summed E-state index contributed by atoms with van der Waals surface area (Å²) in [5, 5.41) is 4.26. The van der Waals surface area contributed by atoms with Gasteiger partial charge in [0.25, 0.3) is 0 Å². The third-order valence-corrected chi connectivity index (χ3v) is 7.09. The number of anilines is 1. The SMILES string of the molecule is C=C(CC(C)(C)c1cc(Cl)ccc1C(C)=O)c1cncc(NC2CCCC(=CC(=O)OC(C)(C)C)CC2)c1. The van der Waals surface area contributed by atoms with Crippen LogP contribution in [0.15, 0.2) is 54.9 Å². The Kier molecular flexibility index (Phi) is 9.59. The van der Waals surface area contributed by atoms with Crippen LogP contribution in [0, 0.1) is 0 Å². The van der Waals surface area contributed by atoms with Crippen LogP contribution in [-0.2, 0) is 14.9 Å². The van der Waals surface area contributed by atoms with Crippen molar-refractivity contribution in [3.8, 4) is 0 Å². The lowest BCUT2D eigenvalue weighted by Gasteiger charge is -2.29. The monoisotopic (exact) mass is 536 g/mol. The molecule has 1 aromatic heterocycles. The first kappa shape index (κ1) is 29.6. The zero-order valence-electron chi connectivity index (χ0n) is 23.6. The van der Waals surface area contributed by atoms with Crippen LogP contribution in [0.4, 0.5) is 5.69 Å². The highest BCUT2D eigenvalue weighted by molar-refractivity contribution is 6.30. The van der Waals surface area contributed by atoms with E-state index in [2.05, 4.69) is 36.8 Å². The van der Waals surface area contributed by atoms with Crippen LogP contribution >= 0.6 is 11.6 Å². The number of halogens is 1. The van der Waals surface area contributed by atoms with Gasteiger partial charge in [0, 0.05) is 35.1 Å². The summed E-state index contributed by atoms with van der Waals surface area (Å²) in [4.78, 5) is 28.9. The molecule has 3 rings (SSSR count). The Morgan fingerprint density at radius 1 is 1.13 bits per heavy atom. The number of hydrogen-bond acceptors (Lipinski definition) is 5. The highest BCUT2D eigenvalue weighted by Gasteiger charge is 2.27. The van der Waals surface area contributed by atoms with E-state index in [4.69, 9.17) is 16.3 Å². The van der Waals surface area contributed by atoms with Gasteiger partial charge < -0.3 is 10.1 Å². The Bertz CT molecular complexity index is 1220. The summed E-state index contributed by atoms with van der Waals surface area (Å²) in [5.74, 6) is -0.235. The largest absolute Gasteiger partial charge is 0.457 e. The number of pyridine rings is 1. The number of esters is 1.